The third kappa shape index (κ3) is 6.01. The minimum Gasteiger partial charge on any atom is -0.375 e. The van der Waals surface area contributed by atoms with Gasteiger partial charge in [0.05, 0.1) is 0 Å². The third-order valence-corrected chi connectivity index (χ3v) is 4.48. The Morgan fingerprint density at radius 1 is 1.32 bits per heavy atom. The lowest BCUT2D eigenvalue weighted by Gasteiger charge is -2.32. The standard InChI is InChI=1S/C18H26FN3O3/c1-13-3-4-15(11-16(13)19)21-18(24)22-9-6-14(7-10-22)5-8-20-17(23)12-25-2/h3-4,11,14H,5-10,12H2,1-2H3,(H,20,23)(H,21,24). The van der Waals surface area contributed by atoms with E-state index in [0.717, 1.165) is 19.3 Å². The van der Waals surface area contributed by atoms with E-state index in [9.17, 15) is 14.0 Å². The molecule has 0 bridgehead atoms. The van der Waals surface area contributed by atoms with Crippen molar-refractivity contribution < 1.29 is 18.7 Å². The molecule has 7 heteroatoms. The van der Waals surface area contributed by atoms with Crippen LogP contribution in [0.5, 0.6) is 0 Å². The molecular weight excluding hydrogens is 325 g/mol. The second-order valence-electron chi connectivity index (χ2n) is 6.40. The van der Waals surface area contributed by atoms with Crippen molar-refractivity contribution in [2.75, 3.05) is 38.7 Å². The predicted molar refractivity (Wildman–Crippen MR) is 94.0 cm³/mol. The van der Waals surface area contributed by atoms with E-state index in [1.54, 1.807) is 24.0 Å². The van der Waals surface area contributed by atoms with Gasteiger partial charge < -0.3 is 20.3 Å². The summed E-state index contributed by atoms with van der Waals surface area (Å²) in [4.78, 5) is 25.3. The first-order valence-corrected chi connectivity index (χ1v) is 8.57. The number of likely N-dealkylation sites (tertiary alicyclic amines) is 1. The van der Waals surface area contributed by atoms with Gasteiger partial charge in [0.2, 0.25) is 5.91 Å². The summed E-state index contributed by atoms with van der Waals surface area (Å²) in [6, 6.07) is 4.49. The Kier molecular flexibility index (Phi) is 7.18. The van der Waals surface area contributed by atoms with E-state index in [1.807, 2.05) is 0 Å². The van der Waals surface area contributed by atoms with Crippen molar-refractivity contribution >= 4 is 17.6 Å². The molecule has 0 spiro atoms. The molecule has 1 fully saturated rings. The second-order valence-corrected chi connectivity index (χ2v) is 6.40. The van der Waals surface area contributed by atoms with Crippen molar-refractivity contribution in [3.63, 3.8) is 0 Å². The summed E-state index contributed by atoms with van der Waals surface area (Å²) in [6.45, 7) is 3.72. The van der Waals surface area contributed by atoms with Crippen LogP contribution in [0.15, 0.2) is 18.2 Å². The number of carbonyl (C=O) groups is 2. The van der Waals surface area contributed by atoms with Gasteiger partial charge in [-0.15, -0.1) is 0 Å². The molecule has 0 saturated carbocycles. The number of nitrogens with one attached hydrogen (secondary N) is 2. The summed E-state index contributed by atoms with van der Waals surface area (Å²) in [5.41, 5.74) is 1.02. The fraction of sp³-hybridized carbons (Fsp3) is 0.556. The highest BCUT2D eigenvalue weighted by atomic mass is 19.1. The molecule has 2 N–H and O–H groups in total. The van der Waals surface area contributed by atoms with E-state index < -0.39 is 0 Å². The summed E-state index contributed by atoms with van der Waals surface area (Å²) >= 11 is 0. The molecule has 1 aromatic carbocycles. The number of urea groups is 1. The maximum absolute atomic E-state index is 13.5. The molecule has 0 aromatic heterocycles. The van der Waals surface area contributed by atoms with Gasteiger partial charge in [-0.3, -0.25) is 4.79 Å². The van der Waals surface area contributed by atoms with Crippen LogP contribution in [0.4, 0.5) is 14.9 Å². The minimum absolute atomic E-state index is 0.0816. The predicted octanol–water partition coefficient (Wildman–Crippen LogP) is 2.53. The van der Waals surface area contributed by atoms with Crippen molar-refractivity contribution in [3.05, 3.63) is 29.6 Å². The van der Waals surface area contributed by atoms with E-state index in [0.29, 0.717) is 36.8 Å². The summed E-state index contributed by atoms with van der Waals surface area (Å²) in [5.74, 6) is 0.0559. The van der Waals surface area contributed by atoms with Crippen LogP contribution < -0.4 is 10.6 Å². The molecule has 1 heterocycles. The number of hydrogen-bond acceptors (Lipinski definition) is 3. The second kappa shape index (κ2) is 9.36. The molecule has 1 aliphatic heterocycles. The normalized spacial score (nSPS) is 15.1. The largest absolute Gasteiger partial charge is 0.375 e. The maximum atomic E-state index is 13.5. The van der Waals surface area contributed by atoms with Gasteiger partial charge in [0.15, 0.2) is 0 Å². The molecule has 2 rings (SSSR count). The molecule has 1 saturated heterocycles. The van der Waals surface area contributed by atoms with Crippen LogP contribution in [0.25, 0.3) is 0 Å². The quantitative estimate of drug-likeness (QED) is 0.827. The Balaban J connectivity index is 1.71. The van der Waals surface area contributed by atoms with Crippen LogP contribution in [0.1, 0.15) is 24.8 Å². The maximum Gasteiger partial charge on any atom is 0.321 e. The fourth-order valence-electron chi connectivity index (χ4n) is 2.90. The van der Waals surface area contributed by atoms with Crippen LogP contribution in [0, 0.1) is 18.7 Å². The first kappa shape index (κ1) is 19.2. The fourth-order valence-corrected chi connectivity index (χ4v) is 2.90. The third-order valence-electron chi connectivity index (χ3n) is 4.48. The number of nitrogens with zero attached hydrogens (tertiary/aromatic N) is 1. The molecule has 1 aromatic rings. The Morgan fingerprint density at radius 2 is 2.04 bits per heavy atom. The Labute approximate surface area is 147 Å². The van der Waals surface area contributed by atoms with Gasteiger partial charge in [-0.05, 0) is 49.8 Å². The summed E-state index contributed by atoms with van der Waals surface area (Å²) < 4.78 is 18.3. The molecule has 0 radical (unpaired) electrons. The molecule has 1 aliphatic rings. The van der Waals surface area contributed by atoms with E-state index in [2.05, 4.69) is 10.6 Å². The lowest BCUT2D eigenvalue weighted by atomic mass is 9.94. The van der Waals surface area contributed by atoms with Crippen LogP contribution in [0.3, 0.4) is 0 Å². The monoisotopic (exact) mass is 351 g/mol. The number of ether oxygens (including phenoxy) is 1. The zero-order chi connectivity index (χ0) is 18.2. The van der Waals surface area contributed by atoms with E-state index in [-0.39, 0.29) is 24.4 Å². The van der Waals surface area contributed by atoms with Crippen molar-refractivity contribution in [2.24, 2.45) is 5.92 Å². The molecule has 0 atom stereocenters. The molecule has 25 heavy (non-hydrogen) atoms. The van der Waals surface area contributed by atoms with Gasteiger partial charge in [0.25, 0.3) is 0 Å². The lowest BCUT2D eigenvalue weighted by molar-refractivity contribution is -0.124. The highest BCUT2D eigenvalue weighted by molar-refractivity contribution is 5.89. The van der Waals surface area contributed by atoms with Crippen molar-refractivity contribution in [2.45, 2.75) is 26.2 Å². The summed E-state index contributed by atoms with van der Waals surface area (Å²) in [5, 5.41) is 5.56. The van der Waals surface area contributed by atoms with E-state index in [1.165, 1.54) is 13.2 Å². The van der Waals surface area contributed by atoms with Gasteiger partial charge in [-0.25, -0.2) is 9.18 Å². The Bertz CT molecular complexity index is 601. The topological polar surface area (TPSA) is 70.7 Å². The number of piperidine rings is 1. The molecular formula is C18H26FN3O3. The number of halogens is 1. The van der Waals surface area contributed by atoms with Crippen molar-refractivity contribution in [3.8, 4) is 0 Å². The zero-order valence-electron chi connectivity index (χ0n) is 14.8. The number of methoxy groups -OCH3 is 1. The van der Waals surface area contributed by atoms with Gasteiger partial charge in [0.1, 0.15) is 12.4 Å². The van der Waals surface area contributed by atoms with E-state index in [4.69, 9.17) is 4.74 Å². The first-order valence-electron chi connectivity index (χ1n) is 8.57. The molecule has 0 aliphatic carbocycles. The van der Waals surface area contributed by atoms with Crippen LogP contribution in [-0.4, -0.2) is 50.2 Å². The highest BCUT2D eigenvalue weighted by Gasteiger charge is 2.22. The van der Waals surface area contributed by atoms with Crippen LogP contribution in [-0.2, 0) is 9.53 Å². The molecule has 0 unspecified atom stereocenters. The Hall–Kier alpha value is -2.15. The van der Waals surface area contributed by atoms with Gasteiger partial charge in [-0.1, -0.05) is 6.07 Å². The average Bonchev–Trinajstić information content (AvgIpc) is 2.59. The number of benzene rings is 1. The van der Waals surface area contributed by atoms with Gasteiger partial charge in [0, 0.05) is 32.4 Å². The molecule has 138 valence electrons. The van der Waals surface area contributed by atoms with Crippen LogP contribution in [0.2, 0.25) is 0 Å². The van der Waals surface area contributed by atoms with Gasteiger partial charge in [-0.2, -0.15) is 0 Å². The number of carbonyl (C=O) groups excluding carboxylic acids is 2. The smallest absolute Gasteiger partial charge is 0.321 e. The SMILES string of the molecule is COCC(=O)NCCC1CCN(C(=O)Nc2ccc(C)c(F)c2)CC1. The summed E-state index contributed by atoms with van der Waals surface area (Å²) in [6.07, 6.45) is 2.69. The number of hydrogen-bond donors (Lipinski definition) is 2. The number of aryl methyl sites for hydroxylation is 1. The van der Waals surface area contributed by atoms with Crippen molar-refractivity contribution in [1.82, 2.24) is 10.2 Å². The number of amides is 3. The lowest BCUT2D eigenvalue weighted by Crippen LogP contribution is -2.41. The summed E-state index contributed by atoms with van der Waals surface area (Å²) in [7, 11) is 1.49. The molecule has 6 nitrogen and oxygen atoms in total. The van der Waals surface area contributed by atoms with Gasteiger partial charge >= 0.3 is 6.03 Å². The Morgan fingerprint density at radius 3 is 2.68 bits per heavy atom. The van der Waals surface area contributed by atoms with E-state index >= 15 is 0 Å². The van der Waals surface area contributed by atoms with Crippen molar-refractivity contribution in [1.29, 1.82) is 0 Å². The van der Waals surface area contributed by atoms with Crippen LogP contribution >= 0.6 is 0 Å². The number of rotatable bonds is 6. The first-order chi connectivity index (χ1) is 12.0. The average molecular weight is 351 g/mol. The highest BCUT2D eigenvalue weighted by Crippen LogP contribution is 2.21. The molecule has 3 amide bonds. The minimum atomic E-state index is -0.327. The number of anilines is 1. The zero-order valence-corrected chi connectivity index (χ0v) is 14.8.